The lowest BCUT2D eigenvalue weighted by atomic mass is 10.1. The molecular weight excluding hydrogens is 280 g/mol. The van der Waals surface area contributed by atoms with Crippen molar-refractivity contribution in [1.29, 1.82) is 0 Å². The Morgan fingerprint density at radius 1 is 1.50 bits per heavy atom. The Balaban J connectivity index is 1.52. The van der Waals surface area contributed by atoms with Crippen LogP contribution in [0.3, 0.4) is 0 Å². The predicted octanol–water partition coefficient (Wildman–Crippen LogP) is 1.06. The van der Waals surface area contributed by atoms with Crippen LogP contribution in [0, 0.1) is 0 Å². The van der Waals surface area contributed by atoms with Crippen molar-refractivity contribution in [2.24, 2.45) is 7.05 Å². The fraction of sp³-hybridized carbons (Fsp3) is 0.375. The average molecular weight is 300 g/mol. The Morgan fingerprint density at radius 3 is 3.09 bits per heavy atom. The molecule has 0 spiro atoms. The van der Waals surface area contributed by atoms with Crippen LogP contribution >= 0.6 is 0 Å². The molecule has 1 aromatic heterocycles. The molecule has 0 saturated carbocycles. The molecule has 1 aliphatic rings. The van der Waals surface area contributed by atoms with Gasteiger partial charge in [0.25, 0.3) is 0 Å². The summed E-state index contributed by atoms with van der Waals surface area (Å²) < 4.78 is 1.78. The van der Waals surface area contributed by atoms with Crippen molar-refractivity contribution in [2.75, 3.05) is 18.0 Å². The number of hydrogen-bond donors (Lipinski definition) is 2. The molecule has 0 aliphatic carbocycles. The van der Waals surface area contributed by atoms with Crippen LogP contribution in [0.2, 0.25) is 0 Å². The van der Waals surface area contributed by atoms with Crippen molar-refractivity contribution >= 4 is 11.6 Å². The topological polar surface area (TPSA) is 70.4 Å². The summed E-state index contributed by atoms with van der Waals surface area (Å²) in [5.74, 6) is 0.178. The third kappa shape index (κ3) is 3.39. The smallest absolute Gasteiger partial charge is 0.224 e. The number of carbonyl (C=O) groups excluding carboxylic acids is 1. The van der Waals surface area contributed by atoms with Gasteiger partial charge in [0.05, 0.1) is 18.3 Å². The first-order valence-corrected chi connectivity index (χ1v) is 7.41. The van der Waals surface area contributed by atoms with Gasteiger partial charge in [-0.25, -0.2) is 0 Å². The van der Waals surface area contributed by atoms with Gasteiger partial charge in [-0.05, 0) is 24.1 Å². The monoisotopic (exact) mass is 300 g/mol. The highest BCUT2D eigenvalue weighted by Gasteiger charge is 2.24. The third-order valence-corrected chi connectivity index (χ3v) is 3.89. The number of aromatic hydroxyl groups is 1. The van der Waals surface area contributed by atoms with Gasteiger partial charge in [-0.15, -0.1) is 0 Å². The largest absolute Gasteiger partial charge is 0.508 e. The Hall–Kier alpha value is -2.50. The van der Waals surface area contributed by atoms with E-state index in [0.29, 0.717) is 0 Å². The number of phenolic OH excluding ortho intramolecular Hbond substituents is 1. The Kier molecular flexibility index (Phi) is 4.00. The quantitative estimate of drug-likeness (QED) is 0.886. The van der Waals surface area contributed by atoms with E-state index in [-0.39, 0.29) is 24.1 Å². The SMILES string of the molecule is Cn1cc(N2CC[C@@H](NC(=O)Cc3cccc(O)c3)C2)cn1. The van der Waals surface area contributed by atoms with Gasteiger partial charge in [0, 0.05) is 32.4 Å². The van der Waals surface area contributed by atoms with E-state index in [2.05, 4.69) is 15.3 Å². The van der Waals surface area contributed by atoms with E-state index < -0.39 is 0 Å². The number of nitrogens with one attached hydrogen (secondary N) is 1. The summed E-state index contributed by atoms with van der Waals surface area (Å²) >= 11 is 0. The maximum atomic E-state index is 12.1. The molecule has 1 aliphatic heterocycles. The number of phenols is 1. The molecule has 2 heterocycles. The van der Waals surface area contributed by atoms with Gasteiger partial charge in [-0.3, -0.25) is 9.48 Å². The number of benzene rings is 1. The number of aromatic nitrogens is 2. The number of rotatable bonds is 4. The zero-order valence-electron chi connectivity index (χ0n) is 12.6. The van der Waals surface area contributed by atoms with Crippen molar-refractivity contribution in [3.05, 3.63) is 42.2 Å². The molecule has 116 valence electrons. The molecule has 6 heteroatoms. The summed E-state index contributed by atoms with van der Waals surface area (Å²) in [6, 6.07) is 6.97. The van der Waals surface area contributed by atoms with E-state index in [1.807, 2.05) is 25.5 Å². The summed E-state index contributed by atoms with van der Waals surface area (Å²) in [6.45, 7) is 1.72. The minimum atomic E-state index is -0.0105. The first-order valence-electron chi connectivity index (χ1n) is 7.41. The number of anilines is 1. The van der Waals surface area contributed by atoms with E-state index >= 15 is 0 Å². The normalized spacial score (nSPS) is 17.7. The number of hydrogen-bond acceptors (Lipinski definition) is 4. The number of amides is 1. The van der Waals surface area contributed by atoms with E-state index in [1.54, 1.807) is 22.9 Å². The Bertz CT molecular complexity index is 668. The fourth-order valence-corrected chi connectivity index (χ4v) is 2.81. The Morgan fingerprint density at radius 2 is 2.36 bits per heavy atom. The first-order chi connectivity index (χ1) is 10.6. The number of carbonyl (C=O) groups is 1. The van der Waals surface area contributed by atoms with Crippen molar-refractivity contribution in [1.82, 2.24) is 15.1 Å². The van der Waals surface area contributed by atoms with E-state index in [0.717, 1.165) is 30.8 Å². The fourth-order valence-electron chi connectivity index (χ4n) is 2.81. The van der Waals surface area contributed by atoms with Crippen molar-refractivity contribution in [2.45, 2.75) is 18.9 Å². The van der Waals surface area contributed by atoms with Crippen LogP contribution in [0.5, 0.6) is 5.75 Å². The third-order valence-electron chi connectivity index (χ3n) is 3.89. The van der Waals surface area contributed by atoms with Crippen LogP contribution in [0.4, 0.5) is 5.69 Å². The second-order valence-electron chi connectivity index (χ2n) is 5.72. The predicted molar refractivity (Wildman–Crippen MR) is 83.8 cm³/mol. The summed E-state index contributed by atoms with van der Waals surface area (Å²) in [6.07, 6.45) is 5.05. The molecule has 1 aromatic carbocycles. The molecule has 22 heavy (non-hydrogen) atoms. The lowest BCUT2D eigenvalue weighted by molar-refractivity contribution is -0.121. The van der Waals surface area contributed by atoms with Crippen molar-refractivity contribution < 1.29 is 9.90 Å². The van der Waals surface area contributed by atoms with Crippen LogP contribution in [-0.4, -0.2) is 39.9 Å². The van der Waals surface area contributed by atoms with Gasteiger partial charge in [0.1, 0.15) is 5.75 Å². The molecule has 0 radical (unpaired) electrons. The zero-order chi connectivity index (χ0) is 15.5. The molecule has 1 atom stereocenters. The molecule has 1 fully saturated rings. The highest BCUT2D eigenvalue weighted by Crippen LogP contribution is 2.19. The molecule has 0 unspecified atom stereocenters. The molecule has 1 saturated heterocycles. The highest BCUT2D eigenvalue weighted by atomic mass is 16.3. The maximum absolute atomic E-state index is 12.1. The van der Waals surface area contributed by atoms with Crippen LogP contribution < -0.4 is 10.2 Å². The van der Waals surface area contributed by atoms with Gasteiger partial charge in [0.2, 0.25) is 5.91 Å². The second-order valence-corrected chi connectivity index (χ2v) is 5.72. The van der Waals surface area contributed by atoms with Crippen molar-refractivity contribution in [3.63, 3.8) is 0 Å². The lowest BCUT2D eigenvalue weighted by Crippen LogP contribution is -2.37. The van der Waals surface area contributed by atoms with E-state index in [1.165, 1.54) is 0 Å². The summed E-state index contributed by atoms with van der Waals surface area (Å²) in [4.78, 5) is 14.3. The molecule has 2 N–H and O–H groups in total. The van der Waals surface area contributed by atoms with Crippen LogP contribution in [0.1, 0.15) is 12.0 Å². The molecule has 6 nitrogen and oxygen atoms in total. The number of nitrogens with zero attached hydrogens (tertiary/aromatic N) is 3. The molecular formula is C16H20N4O2. The minimum absolute atomic E-state index is 0.0105. The number of aryl methyl sites for hydroxylation is 1. The van der Waals surface area contributed by atoms with Gasteiger partial charge >= 0.3 is 0 Å². The summed E-state index contributed by atoms with van der Waals surface area (Å²) in [5.41, 5.74) is 1.91. The average Bonchev–Trinajstić information content (AvgIpc) is 3.07. The zero-order valence-corrected chi connectivity index (χ0v) is 12.6. The first kappa shape index (κ1) is 14.4. The van der Waals surface area contributed by atoms with Gasteiger partial charge < -0.3 is 15.3 Å². The van der Waals surface area contributed by atoms with E-state index in [4.69, 9.17) is 0 Å². The van der Waals surface area contributed by atoms with Crippen LogP contribution in [0.15, 0.2) is 36.7 Å². The van der Waals surface area contributed by atoms with Crippen LogP contribution in [0.25, 0.3) is 0 Å². The molecule has 2 aromatic rings. The van der Waals surface area contributed by atoms with Crippen LogP contribution in [-0.2, 0) is 18.3 Å². The Labute approximate surface area is 129 Å². The van der Waals surface area contributed by atoms with Crippen molar-refractivity contribution in [3.8, 4) is 5.75 Å². The molecule has 0 bridgehead atoms. The van der Waals surface area contributed by atoms with Gasteiger partial charge in [0.15, 0.2) is 0 Å². The highest BCUT2D eigenvalue weighted by molar-refractivity contribution is 5.79. The van der Waals surface area contributed by atoms with E-state index in [9.17, 15) is 9.90 Å². The van der Waals surface area contributed by atoms with Gasteiger partial charge in [-0.1, -0.05) is 12.1 Å². The molecule has 3 rings (SSSR count). The summed E-state index contributed by atoms with van der Waals surface area (Å²) in [7, 11) is 1.90. The summed E-state index contributed by atoms with van der Waals surface area (Å²) in [5, 5.41) is 16.7. The minimum Gasteiger partial charge on any atom is -0.508 e. The maximum Gasteiger partial charge on any atom is 0.224 e. The second kappa shape index (κ2) is 6.09. The lowest BCUT2D eigenvalue weighted by Gasteiger charge is -2.17. The molecule has 1 amide bonds. The standard InChI is InChI=1S/C16H20N4O2/c1-19-11-14(9-17-19)20-6-5-13(10-20)18-16(22)8-12-3-2-4-15(21)7-12/h2-4,7,9,11,13,21H,5-6,8,10H2,1H3,(H,18,22)/t13-/m1/s1. The van der Waals surface area contributed by atoms with Gasteiger partial charge in [-0.2, -0.15) is 5.10 Å².